The zero-order chi connectivity index (χ0) is 12.8. The molecule has 4 N–H and O–H groups in total. The minimum Gasteiger partial charge on any atom is -0.480 e. The third-order valence-electron chi connectivity index (χ3n) is 2.75. The highest BCUT2D eigenvalue weighted by Gasteiger charge is 2.29. The number of hydrogen-bond donors (Lipinski definition) is 3. The minimum absolute atomic E-state index is 0.252. The second-order valence-electron chi connectivity index (χ2n) is 4.12. The van der Waals surface area contributed by atoms with E-state index >= 15 is 0 Å². The number of carbonyl (C=O) groups excluding carboxylic acids is 1. The predicted octanol–water partition coefficient (Wildman–Crippen LogP) is -0.140. The fourth-order valence-electron chi connectivity index (χ4n) is 1.74. The number of rotatable bonds is 5. The zero-order valence-corrected chi connectivity index (χ0v) is 9.76. The van der Waals surface area contributed by atoms with Crippen LogP contribution in [0.25, 0.3) is 0 Å². The Hall–Kier alpha value is -1.40. The van der Waals surface area contributed by atoms with Gasteiger partial charge in [-0.1, -0.05) is 6.08 Å². The largest absolute Gasteiger partial charge is 0.480 e. The second kappa shape index (κ2) is 6.36. The number of hydrogen-bond acceptors (Lipinski definition) is 4. The third kappa shape index (κ3) is 3.83. The molecule has 1 aliphatic heterocycles. The highest BCUT2D eigenvalue weighted by Crippen LogP contribution is 2.09. The SMILES string of the molecule is C=CCCC(N)C(=O)N1CCC[C@@H](C(=O)O)N1. The van der Waals surface area contributed by atoms with Gasteiger partial charge in [-0.05, 0) is 25.7 Å². The van der Waals surface area contributed by atoms with Crippen LogP contribution in [-0.4, -0.2) is 40.6 Å². The number of allylic oxidation sites excluding steroid dienone is 1. The van der Waals surface area contributed by atoms with E-state index in [0.717, 1.165) is 0 Å². The molecule has 0 aliphatic carbocycles. The Labute approximate surface area is 100 Å². The van der Waals surface area contributed by atoms with Gasteiger partial charge in [-0.2, -0.15) is 0 Å². The molecule has 0 aromatic rings. The molecule has 1 rings (SSSR count). The summed E-state index contributed by atoms with van der Waals surface area (Å²) in [5, 5.41) is 10.2. The van der Waals surface area contributed by atoms with Crippen LogP contribution < -0.4 is 11.2 Å². The number of nitrogens with two attached hydrogens (primary N) is 1. The Morgan fingerprint density at radius 1 is 1.65 bits per heavy atom. The molecule has 0 aromatic heterocycles. The van der Waals surface area contributed by atoms with Crippen LogP contribution in [0.3, 0.4) is 0 Å². The summed E-state index contributed by atoms with van der Waals surface area (Å²) in [6.07, 6.45) is 4.10. The molecule has 1 saturated heterocycles. The highest BCUT2D eigenvalue weighted by atomic mass is 16.4. The fraction of sp³-hybridized carbons (Fsp3) is 0.636. The van der Waals surface area contributed by atoms with Gasteiger partial charge in [0.15, 0.2) is 0 Å². The molecule has 1 fully saturated rings. The number of nitrogens with one attached hydrogen (secondary N) is 1. The summed E-state index contributed by atoms with van der Waals surface area (Å²) in [7, 11) is 0. The van der Waals surface area contributed by atoms with Gasteiger partial charge in [0.1, 0.15) is 6.04 Å². The molecular formula is C11H19N3O3. The van der Waals surface area contributed by atoms with Crippen molar-refractivity contribution in [2.75, 3.05) is 6.54 Å². The maximum absolute atomic E-state index is 11.9. The molecule has 17 heavy (non-hydrogen) atoms. The molecule has 0 aromatic carbocycles. The summed E-state index contributed by atoms with van der Waals surface area (Å²) >= 11 is 0. The molecule has 6 heteroatoms. The molecule has 1 amide bonds. The number of amides is 1. The van der Waals surface area contributed by atoms with E-state index in [0.29, 0.717) is 32.2 Å². The molecule has 0 spiro atoms. The Bertz CT molecular complexity index is 306. The summed E-state index contributed by atoms with van der Waals surface area (Å²) in [5.74, 6) is -1.19. The van der Waals surface area contributed by atoms with Crippen LogP contribution in [0.1, 0.15) is 25.7 Å². The summed E-state index contributed by atoms with van der Waals surface area (Å²) < 4.78 is 0. The normalized spacial score (nSPS) is 21.9. The van der Waals surface area contributed by atoms with Gasteiger partial charge < -0.3 is 10.8 Å². The molecule has 1 heterocycles. The quantitative estimate of drug-likeness (QED) is 0.582. The van der Waals surface area contributed by atoms with E-state index in [4.69, 9.17) is 10.8 Å². The standard InChI is InChI=1S/C11H19N3O3/c1-2-3-5-8(12)10(15)14-7-4-6-9(13-14)11(16)17/h2,8-9,13H,1,3-7,12H2,(H,16,17)/t8?,9-/m0/s1. The summed E-state index contributed by atoms with van der Waals surface area (Å²) in [4.78, 5) is 22.7. The van der Waals surface area contributed by atoms with Gasteiger partial charge >= 0.3 is 5.97 Å². The number of carboxylic acid groups (broad SMARTS) is 1. The van der Waals surface area contributed by atoms with Gasteiger partial charge in [0.05, 0.1) is 6.04 Å². The fourth-order valence-corrected chi connectivity index (χ4v) is 1.74. The monoisotopic (exact) mass is 241 g/mol. The first-order valence-electron chi connectivity index (χ1n) is 5.73. The molecule has 0 radical (unpaired) electrons. The molecule has 2 atom stereocenters. The van der Waals surface area contributed by atoms with Crippen molar-refractivity contribution in [3.63, 3.8) is 0 Å². The van der Waals surface area contributed by atoms with Crippen LogP contribution in [0.15, 0.2) is 12.7 Å². The van der Waals surface area contributed by atoms with Crippen molar-refractivity contribution in [1.82, 2.24) is 10.4 Å². The number of aliphatic carboxylic acids is 1. The Morgan fingerprint density at radius 2 is 2.35 bits per heavy atom. The van der Waals surface area contributed by atoms with E-state index < -0.39 is 18.1 Å². The smallest absolute Gasteiger partial charge is 0.322 e. The van der Waals surface area contributed by atoms with Crippen molar-refractivity contribution in [1.29, 1.82) is 0 Å². The lowest BCUT2D eigenvalue weighted by molar-refractivity contribution is -0.147. The second-order valence-corrected chi connectivity index (χ2v) is 4.12. The lowest BCUT2D eigenvalue weighted by atomic mass is 10.1. The molecule has 0 saturated carbocycles. The number of carboxylic acids is 1. The van der Waals surface area contributed by atoms with E-state index in [2.05, 4.69) is 12.0 Å². The van der Waals surface area contributed by atoms with Crippen LogP contribution in [0, 0.1) is 0 Å². The van der Waals surface area contributed by atoms with Crippen molar-refractivity contribution in [2.45, 2.75) is 37.8 Å². The van der Waals surface area contributed by atoms with Gasteiger partial charge in [0.25, 0.3) is 5.91 Å². The topological polar surface area (TPSA) is 95.7 Å². The first-order valence-corrected chi connectivity index (χ1v) is 5.73. The van der Waals surface area contributed by atoms with Crippen LogP contribution in [0.5, 0.6) is 0 Å². The molecule has 1 unspecified atom stereocenters. The highest BCUT2D eigenvalue weighted by molar-refractivity contribution is 5.82. The van der Waals surface area contributed by atoms with Gasteiger partial charge in [-0.3, -0.25) is 14.6 Å². The molecule has 1 aliphatic rings. The van der Waals surface area contributed by atoms with Gasteiger partial charge in [-0.25, -0.2) is 5.43 Å². The average Bonchev–Trinajstić information content (AvgIpc) is 2.35. The lowest BCUT2D eigenvalue weighted by Crippen LogP contribution is -2.58. The van der Waals surface area contributed by atoms with Crippen LogP contribution in [0.2, 0.25) is 0 Å². The Balaban J connectivity index is 2.50. The molecule has 96 valence electrons. The molecule has 6 nitrogen and oxygen atoms in total. The first kappa shape index (κ1) is 13.7. The average molecular weight is 241 g/mol. The number of hydrazine groups is 1. The third-order valence-corrected chi connectivity index (χ3v) is 2.75. The van der Waals surface area contributed by atoms with Crippen molar-refractivity contribution in [3.05, 3.63) is 12.7 Å². The maximum Gasteiger partial charge on any atom is 0.322 e. The zero-order valence-electron chi connectivity index (χ0n) is 9.76. The van der Waals surface area contributed by atoms with Crippen molar-refractivity contribution >= 4 is 11.9 Å². The van der Waals surface area contributed by atoms with E-state index in [-0.39, 0.29) is 5.91 Å². The summed E-state index contributed by atoms with van der Waals surface area (Å²) in [6, 6.07) is -1.30. The summed E-state index contributed by atoms with van der Waals surface area (Å²) in [5.41, 5.74) is 8.42. The lowest BCUT2D eigenvalue weighted by Gasteiger charge is -2.33. The minimum atomic E-state index is -0.942. The van der Waals surface area contributed by atoms with Crippen LogP contribution in [-0.2, 0) is 9.59 Å². The van der Waals surface area contributed by atoms with Crippen molar-refractivity contribution in [2.24, 2.45) is 5.73 Å². The van der Waals surface area contributed by atoms with E-state index in [1.54, 1.807) is 6.08 Å². The maximum atomic E-state index is 11.9. The Morgan fingerprint density at radius 3 is 2.94 bits per heavy atom. The molecular weight excluding hydrogens is 222 g/mol. The first-order chi connectivity index (χ1) is 8.06. The van der Waals surface area contributed by atoms with Crippen molar-refractivity contribution in [3.8, 4) is 0 Å². The van der Waals surface area contributed by atoms with Crippen LogP contribution >= 0.6 is 0 Å². The van der Waals surface area contributed by atoms with E-state index in [9.17, 15) is 9.59 Å². The van der Waals surface area contributed by atoms with Gasteiger partial charge in [0, 0.05) is 6.54 Å². The van der Waals surface area contributed by atoms with E-state index in [1.807, 2.05) is 0 Å². The Kier molecular flexibility index (Phi) is 5.11. The number of carbonyl (C=O) groups is 2. The predicted molar refractivity (Wildman–Crippen MR) is 62.9 cm³/mol. The summed E-state index contributed by atoms with van der Waals surface area (Å²) in [6.45, 7) is 4.07. The molecule has 0 bridgehead atoms. The number of nitrogens with zero attached hydrogens (tertiary/aromatic N) is 1. The van der Waals surface area contributed by atoms with Crippen molar-refractivity contribution < 1.29 is 14.7 Å². The van der Waals surface area contributed by atoms with Gasteiger partial charge in [-0.15, -0.1) is 6.58 Å². The van der Waals surface area contributed by atoms with Gasteiger partial charge in [0.2, 0.25) is 0 Å². The van der Waals surface area contributed by atoms with E-state index in [1.165, 1.54) is 5.01 Å². The van der Waals surface area contributed by atoms with Crippen LogP contribution in [0.4, 0.5) is 0 Å².